The van der Waals surface area contributed by atoms with E-state index in [4.69, 9.17) is 8.83 Å². The van der Waals surface area contributed by atoms with Crippen LogP contribution in [-0.4, -0.2) is 4.57 Å². The molecule has 0 bridgehead atoms. The fourth-order valence-corrected chi connectivity index (χ4v) is 8.69. The summed E-state index contributed by atoms with van der Waals surface area (Å²) in [5.41, 5.74) is 18.2. The van der Waals surface area contributed by atoms with Crippen molar-refractivity contribution in [2.24, 2.45) is 0 Å². The van der Waals surface area contributed by atoms with Crippen LogP contribution in [-0.2, 0) is 0 Å². The van der Waals surface area contributed by atoms with Gasteiger partial charge in [-0.1, -0.05) is 127 Å². The van der Waals surface area contributed by atoms with E-state index >= 15 is 0 Å². The van der Waals surface area contributed by atoms with Gasteiger partial charge in [-0.25, -0.2) is 0 Å². The van der Waals surface area contributed by atoms with Crippen molar-refractivity contribution >= 4 is 78.5 Å². The fraction of sp³-hybridized carbons (Fsp3) is 0.0351. The average Bonchev–Trinajstić information content (AvgIpc) is 3.85. The second kappa shape index (κ2) is 15.3. The van der Waals surface area contributed by atoms with Crippen LogP contribution in [0.3, 0.4) is 0 Å². The maximum absolute atomic E-state index is 6.39. The maximum Gasteiger partial charge on any atom is 0.136 e. The first-order valence-corrected chi connectivity index (χ1v) is 20.8. The Morgan fingerprint density at radius 1 is 0.656 bits per heavy atom. The van der Waals surface area contributed by atoms with Crippen molar-refractivity contribution in [3.8, 4) is 5.69 Å². The van der Waals surface area contributed by atoms with Crippen molar-refractivity contribution in [3.05, 3.63) is 240 Å². The minimum absolute atomic E-state index is 0.830. The molecule has 3 aromatic heterocycles. The Bertz CT molecular complexity index is 3400. The topological polar surface area (TPSA) is 34.5 Å². The Kier molecular flexibility index (Phi) is 9.04. The maximum atomic E-state index is 6.39. The Morgan fingerprint density at radius 3 is 2.34 bits per heavy atom. The summed E-state index contributed by atoms with van der Waals surface area (Å²) in [5, 5.41) is 4.54. The van der Waals surface area contributed by atoms with Crippen LogP contribution in [0, 0.1) is 0 Å². The van der Waals surface area contributed by atoms with E-state index in [2.05, 4.69) is 185 Å². The van der Waals surface area contributed by atoms with Crippen molar-refractivity contribution in [1.29, 1.82) is 0 Å². The van der Waals surface area contributed by atoms with Crippen LogP contribution in [0.15, 0.2) is 221 Å². The lowest BCUT2D eigenvalue weighted by Crippen LogP contribution is -2.15. The zero-order chi connectivity index (χ0) is 40.7. The van der Waals surface area contributed by atoms with E-state index in [1.807, 2.05) is 49.4 Å². The van der Waals surface area contributed by atoms with Crippen molar-refractivity contribution in [2.75, 3.05) is 4.90 Å². The smallest absolute Gasteiger partial charge is 0.136 e. The van der Waals surface area contributed by atoms with Gasteiger partial charge in [-0.05, 0) is 121 Å². The monoisotopic (exact) mass is 784 g/mol. The third-order valence-electron chi connectivity index (χ3n) is 11.6. The third-order valence-corrected chi connectivity index (χ3v) is 11.6. The summed E-state index contributed by atoms with van der Waals surface area (Å²) in [6.45, 7) is 2.03. The highest BCUT2D eigenvalue weighted by atomic mass is 16.3. The summed E-state index contributed by atoms with van der Waals surface area (Å²) in [5.74, 6) is 0.830. The summed E-state index contributed by atoms with van der Waals surface area (Å²) in [4.78, 5) is 2.29. The molecule has 0 amide bonds. The molecule has 0 spiro atoms. The number of para-hydroxylation sites is 3. The lowest BCUT2D eigenvalue weighted by Gasteiger charge is -2.26. The molecule has 0 fully saturated rings. The molecule has 0 saturated carbocycles. The minimum atomic E-state index is 0.830. The highest BCUT2D eigenvalue weighted by Crippen LogP contribution is 2.39. The Hall–Kier alpha value is -8.04. The lowest BCUT2D eigenvalue weighted by atomic mass is 10.0. The summed E-state index contributed by atoms with van der Waals surface area (Å²) in [7, 11) is 0. The van der Waals surface area contributed by atoms with Gasteiger partial charge in [0.1, 0.15) is 22.5 Å². The largest absolute Gasteiger partial charge is 0.456 e. The average molecular weight is 785 g/mol. The van der Waals surface area contributed by atoms with E-state index in [1.54, 1.807) is 0 Å². The highest BCUT2D eigenvalue weighted by molar-refractivity contribution is 6.06. The van der Waals surface area contributed by atoms with Gasteiger partial charge in [-0.15, -0.1) is 0 Å². The van der Waals surface area contributed by atoms with Gasteiger partial charge >= 0.3 is 0 Å². The number of benzene rings is 6. The SMILES string of the molecule is C/C=C\C=C(\c1ccc(N(C2=C=CC=C(c3ccc4oc5ccccc5c4c3)C=C2)c2cccc(-n3c4c(c5ccccc53)C=CCC=C4)c2)cc1)c1cc2ccccc2o1. The third kappa shape index (κ3) is 6.53. The van der Waals surface area contributed by atoms with E-state index in [0.29, 0.717) is 0 Å². The second-order valence-electron chi connectivity index (χ2n) is 15.3. The molecule has 2 aliphatic rings. The van der Waals surface area contributed by atoms with Crippen LogP contribution in [0.2, 0.25) is 0 Å². The van der Waals surface area contributed by atoms with E-state index in [-0.39, 0.29) is 0 Å². The number of allylic oxidation sites excluding steroid dienone is 9. The van der Waals surface area contributed by atoms with Gasteiger partial charge in [0, 0.05) is 49.7 Å². The predicted molar refractivity (Wildman–Crippen MR) is 255 cm³/mol. The molecule has 290 valence electrons. The molecule has 0 unspecified atom stereocenters. The lowest BCUT2D eigenvalue weighted by molar-refractivity contribution is 0.600. The molecular formula is C57H40N2O2. The number of rotatable bonds is 8. The number of fused-ring (bicyclic) bond motifs is 7. The molecule has 3 heterocycles. The molecule has 0 saturated heterocycles. The standard InChI is InChI=1S/C57H40N2O2/c1-2-3-20-47(57-37-42-15-7-11-26-54(42)60-57)40-29-33-44(34-30-40)58(43-17-13-16-39(28-32-43)41-31-35-56-51(36-41)50-23-9-12-27-55(50)61-56)45-18-14-19-46(38-45)59-52-24-6-4-5-21-48(52)49-22-8-10-25-53(49)59/h2-3,5-16,18-38H,4H2,1H3/b3-2-,47-20-. The van der Waals surface area contributed by atoms with Crippen molar-refractivity contribution < 1.29 is 8.83 Å². The van der Waals surface area contributed by atoms with Gasteiger partial charge < -0.3 is 18.3 Å². The summed E-state index contributed by atoms with van der Waals surface area (Å²) < 4.78 is 14.9. The molecule has 0 aliphatic heterocycles. The van der Waals surface area contributed by atoms with E-state index < -0.39 is 0 Å². The van der Waals surface area contributed by atoms with Gasteiger partial charge in [0.05, 0.1) is 16.9 Å². The molecule has 9 aromatic rings. The molecule has 0 radical (unpaired) electrons. The zero-order valence-electron chi connectivity index (χ0n) is 33.6. The molecule has 4 nitrogen and oxygen atoms in total. The summed E-state index contributed by atoms with van der Waals surface area (Å²) in [6, 6.07) is 51.2. The molecule has 6 aromatic carbocycles. The Balaban J connectivity index is 1.02. The van der Waals surface area contributed by atoms with Crippen LogP contribution in [0.5, 0.6) is 0 Å². The first-order chi connectivity index (χ1) is 30.2. The molecular weight excluding hydrogens is 745 g/mol. The minimum Gasteiger partial charge on any atom is -0.456 e. The number of hydrogen-bond donors (Lipinski definition) is 0. The van der Waals surface area contributed by atoms with Gasteiger partial charge in [-0.2, -0.15) is 0 Å². The molecule has 0 N–H and O–H groups in total. The molecule has 11 rings (SSSR count). The molecule has 61 heavy (non-hydrogen) atoms. The van der Waals surface area contributed by atoms with Gasteiger partial charge in [0.2, 0.25) is 0 Å². The number of anilines is 2. The Morgan fingerprint density at radius 2 is 1.46 bits per heavy atom. The second-order valence-corrected chi connectivity index (χ2v) is 15.3. The summed E-state index contributed by atoms with van der Waals surface area (Å²) in [6.07, 6.45) is 24.7. The van der Waals surface area contributed by atoms with E-state index in [1.165, 1.54) is 22.2 Å². The van der Waals surface area contributed by atoms with E-state index in [0.717, 1.165) is 90.1 Å². The predicted octanol–water partition coefficient (Wildman–Crippen LogP) is 15.5. The van der Waals surface area contributed by atoms with E-state index in [9.17, 15) is 0 Å². The Labute approximate surface area is 354 Å². The zero-order valence-corrected chi connectivity index (χ0v) is 33.6. The number of nitrogens with zero attached hydrogens (tertiary/aromatic N) is 2. The van der Waals surface area contributed by atoms with Crippen LogP contribution in [0.25, 0.3) is 72.8 Å². The molecule has 0 atom stereocenters. The number of hydrogen-bond acceptors (Lipinski definition) is 3. The van der Waals surface area contributed by atoms with Crippen molar-refractivity contribution in [3.63, 3.8) is 0 Å². The fourth-order valence-electron chi connectivity index (χ4n) is 8.69. The quantitative estimate of drug-likeness (QED) is 0.114. The van der Waals surface area contributed by atoms with Gasteiger partial charge in [0.15, 0.2) is 0 Å². The molecule has 4 heteroatoms. The van der Waals surface area contributed by atoms with Crippen molar-refractivity contribution in [1.82, 2.24) is 4.57 Å². The van der Waals surface area contributed by atoms with Crippen LogP contribution >= 0.6 is 0 Å². The first-order valence-electron chi connectivity index (χ1n) is 20.8. The normalized spacial score (nSPS) is 14.0. The number of furan rings is 2. The van der Waals surface area contributed by atoms with Crippen molar-refractivity contribution in [2.45, 2.75) is 13.3 Å². The molecule has 2 aliphatic carbocycles. The summed E-state index contributed by atoms with van der Waals surface area (Å²) >= 11 is 0. The van der Waals surface area contributed by atoms with Crippen LogP contribution in [0.1, 0.15) is 41.5 Å². The van der Waals surface area contributed by atoms with Crippen LogP contribution < -0.4 is 4.90 Å². The highest BCUT2D eigenvalue weighted by Gasteiger charge is 2.20. The first kappa shape index (κ1) is 36.1. The van der Waals surface area contributed by atoms with Crippen LogP contribution in [0.4, 0.5) is 11.4 Å². The number of aromatic nitrogens is 1. The van der Waals surface area contributed by atoms with Gasteiger partial charge in [0.25, 0.3) is 0 Å². The van der Waals surface area contributed by atoms with Gasteiger partial charge in [-0.3, -0.25) is 0 Å².